The van der Waals surface area contributed by atoms with Gasteiger partial charge in [0.1, 0.15) is 0 Å². The van der Waals surface area contributed by atoms with Gasteiger partial charge >= 0.3 is 0 Å². The van der Waals surface area contributed by atoms with Gasteiger partial charge in [0, 0.05) is 25.3 Å². The summed E-state index contributed by atoms with van der Waals surface area (Å²) in [6.45, 7) is 8.08. The molecule has 0 unspecified atom stereocenters. The molecule has 1 fully saturated rings. The third-order valence-electron chi connectivity index (χ3n) is 3.18. The SMILES string of the molecule is CCNCc1cc(C)ccc1N1CCNC(=O)C1. The number of piperazine rings is 1. The zero-order valence-electron chi connectivity index (χ0n) is 11.1. The molecule has 4 nitrogen and oxygen atoms in total. The lowest BCUT2D eigenvalue weighted by Crippen LogP contribution is -2.48. The van der Waals surface area contributed by atoms with Crippen LogP contribution in [-0.4, -0.2) is 32.1 Å². The van der Waals surface area contributed by atoms with Gasteiger partial charge in [-0.15, -0.1) is 0 Å². The van der Waals surface area contributed by atoms with Crippen LogP contribution < -0.4 is 15.5 Å². The Kier molecular flexibility index (Phi) is 4.20. The third kappa shape index (κ3) is 3.01. The highest BCUT2D eigenvalue weighted by Gasteiger charge is 2.18. The minimum atomic E-state index is 0.108. The van der Waals surface area contributed by atoms with Gasteiger partial charge in [0.25, 0.3) is 0 Å². The Balaban J connectivity index is 2.21. The fraction of sp³-hybridized carbons (Fsp3) is 0.500. The highest BCUT2D eigenvalue weighted by molar-refractivity contribution is 5.83. The average Bonchev–Trinajstić information content (AvgIpc) is 2.36. The Bertz CT molecular complexity index is 431. The van der Waals surface area contributed by atoms with Crippen molar-refractivity contribution in [3.05, 3.63) is 29.3 Å². The van der Waals surface area contributed by atoms with Crippen LogP contribution in [0.5, 0.6) is 0 Å². The molecular formula is C14H21N3O. The lowest BCUT2D eigenvalue weighted by atomic mass is 10.1. The Morgan fingerprint density at radius 1 is 1.44 bits per heavy atom. The van der Waals surface area contributed by atoms with E-state index in [-0.39, 0.29) is 5.91 Å². The number of carbonyl (C=O) groups is 1. The standard InChI is InChI=1S/C14H21N3O/c1-3-15-9-12-8-11(2)4-5-13(12)17-7-6-16-14(18)10-17/h4-5,8,15H,3,6-7,9-10H2,1-2H3,(H,16,18). The Labute approximate surface area is 108 Å². The van der Waals surface area contributed by atoms with Crippen molar-refractivity contribution in [3.63, 3.8) is 0 Å². The number of hydrogen-bond acceptors (Lipinski definition) is 3. The van der Waals surface area contributed by atoms with Crippen molar-refractivity contribution in [2.75, 3.05) is 31.1 Å². The van der Waals surface area contributed by atoms with Crippen molar-refractivity contribution >= 4 is 11.6 Å². The van der Waals surface area contributed by atoms with Crippen LogP contribution in [0.3, 0.4) is 0 Å². The maximum atomic E-state index is 11.5. The van der Waals surface area contributed by atoms with Crippen LogP contribution in [0.1, 0.15) is 18.1 Å². The van der Waals surface area contributed by atoms with E-state index in [9.17, 15) is 4.79 Å². The second-order valence-corrected chi connectivity index (χ2v) is 4.68. The molecular weight excluding hydrogens is 226 g/mol. The molecule has 0 atom stereocenters. The summed E-state index contributed by atoms with van der Waals surface area (Å²) < 4.78 is 0. The summed E-state index contributed by atoms with van der Waals surface area (Å²) in [6, 6.07) is 6.43. The number of amides is 1. The van der Waals surface area contributed by atoms with E-state index < -0.39 is 0 Å². The molecule has 1 aliphatic heterocycles. The van der Waals surface area contributed by atoms with Gasteiger partial charge in [0.15, 0.2) is 0 Å². The Morgan fingerprint density at radius 3 is 3.00 bits per heavy atom. The number of anilines is 1. The molecule has 2 rings (SSSR count). The summed E-state index contributed by atoms with van der Waals surface area (Å²) in [7, 11) is 0. The first-order valence-corrected chi connectivity index (χ1v) is 6.52. The van der Waals surface area contributed by atoms with Crippen LogP contribution in [0.2, 0.25) is 0 Å². The molecule has 1 saturated heterocycles. The summed E-state index contributed by atoms with van der Waals surface area (Å²) in [6.07, 6.45) is 0. The third-order valence-corrected chi connectivity index (χ3v) is 3.18. The zero-order valence-corrected chi connectivity index (χ0v) is 11.1. The lowest BCUT2D eigenvalue weighted by Gasteiger charge is -2.30. The van der Waals surface area contributed by atoms with E-state index in [1.54, 1.807) is 0 Å². The zero-order chi connectivity index (χ0) is 13.0. The maximum Gasteiger partial charge on any atom is 0.239 e. The van der Waals surface area contributed by atoms with E-state index in [2.05, 4.69) is 47.6 Å². The molecule has 1 heterocycles. The summed E-state index contributed by atoms with van der Waals surface area (Å²) in [4.78, 5) is 13.6. The van der Waals surface area contributed by atoms with Crippen LogP contribution >= 0.6 is 0 Å². The first-order chi connectivity index (χ1) is 8.70. The number of aryl methyl sites for hydroxylation is 1. The van der Waals surface area contributed by atoms with Gasteiger partial charge in [-0.1, -0.05) is 24.6 Å². The van der Waals surface area contributed by atoms with E-state index in [1.165, 1.54) is 16.8 Å². The van der Waals surface area contributed by atoms with Gasteiger partial charge in [-0.3, -0.25) is 4.79 Å². The van der Waals surface area contributed by atoms with Gasteiger partial charge in [-0.05, 0) is 25.1 Å². The van der Waals surface area contributed by atoms with Crippen LogP contribution in [-0.2, 0) is 11.3 Å². The summed E-state index contributed by atoms with van der Waals surface area (Å²) >= 11 is 0. The van der Waals surface area contributed by atoms with Crippen LogP contribution in [0.15, 0.2) is 18.2 Å². The molecule has 0 spiro atoms. The quantitative estimate of drug-likeness (QED) is 0.835. The van der Waals surface area contributed by atoms with Crippen LogP contribution in [0.25, 0.3) is 0 Å². The van der Waals surface area contributed by atoms with E-state index in [4.69, 9.17) is 0 Å². The van der Waals surface area contributed by atoms with E-state index >= 15 is 0 Å². The number of benzene rings is 1. The number of rotatable bonds is 4. The minimum Gasteiger partial charge on any atom is -0.360 e. The molecule has 2 N–H and O–H groups in total. The molecule has 0 aromatic heterocycles. The van der Waals surface area contributed by atoms with Gasteiger partial charge in [0.2, 0.25) is 5.91 Å². The van der Waals surface area contributed by atoms with Crippen LogP contribution in [0.4, 0.5) is 5.69 Å². The average molecular weight is 247 g/mol. The van der Waals surface area contributed by atoms with E-state index in [0.29, 0.717) is 6.54 Å². The molecule has 0 radical (unpaired) electrons. The number of nitrogens with zero attached hydrogens (tertiary/aromatic N) is 1. The summed E-state index contributed by atoms with van der Waals surface area (Å²) in [5.74, 6) is 0.108. The molecule has 1 aromatic carbocycles. The number of nitrogens with one attached hydrogen (secondary N) is 2. The Morgan fingerprint density at radius 2 is 2.28 bits per heavy atom. The van der Waals surface area contributed by atoms with Gasteiger partial charge in [-0.2, -0.15) is 0 Å². The molecule has 98 valence electrons. The van der Waals surface area contributed by atoms with Crippen molar-refractivity contribution in [1.82, 2.24) is 10.6 Å². The minimum absolute atomic E-state index is 0.108. The first kappa shape index (κ1) is 12.9. The van der Waals surface area contributed by atoms with Crippen molar-refractivity contribution < 1.29 is 4.79 Å². The molecule has 0 saturated carbocycles. The molecule has 1 aliphatic rings. The normalized spacial score (nSPS) is 15.7. The second kappa shape index (κ2) is 5.87. The van der Waals surface area contributed by atoms with Gasteiger partial charge in [-0.25, -0.2) is 0 Å². The number of hydrogen-bond donors (Lipinski definition) is 2. The monoisotopic (exact) mass is 247 g/mol. The van der Waals surface area contributed by atoms with E-state index in [1.807, 2.05) is 0 Å². The fourth-order valence-corrected chi connectivity index (χ4v) is 2.27. The molecule has 0 aliphatic carbocycles. The molecule has 1 amide bonds. The van der Waals surface area contributed by atoms with Crippen molar-refractivity contribution in [3.8, 4) is 0 Å². The predicted molar refractivity (Wildman–Crippen MR) is 73.8 cm³/mol. The highest BCUT2D eigenvalue weighted by atomic mass is 16.2. The highest BCUT2D eigenvalue weighted by Crippen LogP contribution is 2.22. The van der Waals surface area contributed by atoms with E-state index in [0.717, 1.165) is 26.2 Å². The van der Waals surface area contributed by atoms with Gasteiger partial charge in [0.05, 0.1) is 6.54 Å². The maximum absolute atomic E-state index is 11.5. The first-order valence-electron chi connectivity index (χ1n) is 6.52. The van der Waals surface area contributed by atoms with Gasteiger partial charge < -0.3 is 15.5 Å². The topological polar surface area (TPSA) is 44.4 Å². The smallest absolute Gasteiger partial charge is 0.239 e. The Hall–Kier alpha value is -1.55. The van der Waals surface area contributed by atoms with Crippen molar-refractivity contribution in [1.29, 1.82) is 0 Å². The second-order valence-electron chi connectivity index (χ2n) is 4.68. The molecule has 1 aromatic rings. The molecule has 0 bridgehead atoms. The lowest BCUT2D eigenvalue weighted by molar-refractivity contribution is -0.120. The predicted octanol–water partition coefficient (Wildman–Crippen LogP) is 1.04. The van der Waals surface area contributed by atoms with Crippen LogP contribution in [0, 0.1) is 6.92 Å². The summed E-state index contributed by atoms with van der Waals surface area (Å²) in [5, 5.41) is 6.21. The summed E-state index contributed by atoms with van der Waals surface area (Å²) in [5.41, 5.74) is 3.70. The fourth-order valence-electron chi connectivity index (χ4n) is 2.27. The molecule has 4 heteroatoms. The van der Waals surface area contributed by atoms with Crippen molar-refractivity contribution in [2.24, 2.45) is 0 Å². The van der Waals surface area contributed by atoms with Crippen molar-refractivity contribution in [2.45, 2.75) is 20.4 Å². The largest absolute Gasteiger partial charge is 0.360 e. The number of carbonyl (C=O) groups excluding carboxylic acids is 1. The molecule has 18 heavy (non-hydrogen) atoms.